The first kappa shape index (κ1) is 13.2. The van der Waals surface area contributed by atoms with Crippen molar-refractivity contribution in [3.05, 3.63) is 56.2 Å². The summed E-state index contributed by atoms with van der Waals surface area (Å²) in [5, 5.41) is 4.25. The van der Waals surface area contributed by atoms with E-state index in [0.29, 0.717) is 0 Å². The lowest BCUT2D eigenvalue weighted by molar-refractivity contribution is 0.691. The van der Waals surface area contributed by atoms with Gasteiger partial charge in [0, 0.05) is 14.8 Å². The highest BCUT2D eigenvalue weighted by Crippen LogP contribution is 2.36. The number of halogens is 1. The largest absolute Gasteiger partial charge is 0.309 e. The molecule has 0 spiro atoms. The van der Waals surface area contributed by atoms with Gasteiger partial charge in [0.15, 0.2) is 0 Å². The molecule has 1 unspecified atom stereocenters. The van der Waals surface area contributed by atoms with E-state index in [1.54, 1.807) is 10.4 Å². The second-order valence-corrected chi connectivity index (χ2v) is 6.62. The van der Waals surface area contributed by atoms with E-state index in [-0.39, 0.29) is 6.04 Å². The maximum Gasteiger partial charge on any atom is 0.0683 e. The zero-order chi connectivity index (χ0) is 13.2. The normalized spacial score (nSPS) is 16.1. The van der Waals surface area contributed by atoms with Crippen LogP contribution in [0.2, 0.25) is 5.02 Å². The molecule has 1 aromatic carbocycles. The number of rotatable bonds is 3. The predicted octanol–water partition coefficient (Wildman–Crippen LogP) is 4.59. The van der Waals surface area contributed by atoms with Gasteiger partial charge in [-0.05, 0) is 56.0 Å². The van der Waals surface area contributed by atoms with Crippen LogP contribution >= 0.6 is 22.9 Å². The molecule has 3 heteroatoms. The topological polar surface area (TPSA) is 12.0 Å². The summed E-state index contributed by atoms with van der Waals surface area (Å²) in [6, 6.07) is 10.7. The predicted molar refractivity (Wildman–Crippen MR) is 83.3 cm³/mol. The molecule has 0 radical (unpaired) electrons. The molecular formula is C16H18ClNS. The average Bonchev–Trinajstić information content (AvgIpc) is 2.85. The Hall–Kier alpha value is -0.830. The van der Waals surface area contributed by atoms with E-state index in [1.165, 1.54) is 36.1 Å². The SMILES string of the molecule is CNC(c1cc2c(s1)CCCC2)c1ccccc1Cl. The third kappa shape index (κ3) is 2.58. The van der Waals surface area contributed by atoms with Gasteiger partial charge in [-0.3, -0.25) is 0 Å². The molecule has 0 amide bonds. The Labute approximate surface area is 123 Å². The third-order valence-electron chi connectivity index (χ3n) is 3.81. The number of benzene rings is 1. The van der Waals surface area contributed by atoms with Crippen LogP contribution in [0.15, 0.2) is 30.3 Å². The molecule has 2 aromatic rings. The van der Waals surface area contributed by atoms with Gasteiger partial charge in [0.05, 0.1) is 6.04 Å². The molecular weight excluding hydrogens is 274 g/mol. The molecule has 3 rings (SSSR count). The summed E-state index contributed by atoms with van der Waals surface area (Å²) in [6.07, 6.45) is 5.16. The van der Waals surface area contributed by atoms with Crippen LogP contribution in [0.1, 0.15) is 39.8 Å². The van der Waals surface area contributed by atoms with Crippen LogP contribution < -0.4 is 5.32 Å². The molecule has 1 atom stereocenters. The van der Waals surface area contributed by atoms with Gasteiger partial charge >= 0.3 is 0 Å². The first-order chi connectivity index (χ1) is 9.29. The molecule has 1 aliphatic rings. The maximum absolute atomic E-state index is 6.34. The minimum absolute atomic E-state index is 0.212. The molecule has 1 aliphatic carbocycles. The number of nitrogens with one attached hydrogen (secondary N) is 1. The van der Waals surface area contributed by atoms with Crippen molar-refractivity contribution in [3.63, 3.8) is 0 Å². The fourth-order valence-corrected chi connectivity index (χ4v) is 4.45. The van der Waals surface area contributed by atoms with Gasteiger partial charge in [-0.1, -0.05) is 29.8 Å². The fourth-order valence-electron chi connectivity index (χ4n) is 2.82. The average molecular weight is 292 g/mol. The minimum atomic E-state index is 0.212. The van der Waals surface area contributed by atoms with Crippen molar-refractivity contribution >= 4 is 22.9 Å². The van der Waals surface area contributed by atoms with Crippen molar-refractivity contribution in [1.82, 2.24) is 5.32 Å². The molecule has 1 aromatic heterocycles. The minimum Gasteiger partial charge on any atom is -0.309 e. The lowest BCUT2D eigenvalue weighted by Gasteiger charge is -2.16. The molecule has 0 fully saturated rings. The molecule has 1 N–H and O–H groups in total. The summed E-state index contributed by atoms with van der Waals surface area (Å²) in [5.41, 5.74) is 2.73. The zero-order valence-electron chi connectivity index (χ0n) is 11.1. The second-order valence-electron chi connectivity index (χ2n) is 5.05. The highest BCUT2D eigenvalue weighted by atomic mass is 35.5. The van der Waals surface area contributed by atoms with E-state index in [4.69, 9.17) is 11.6 Å². The second kappa shape index (κ2) is 5.66. The number of aryl methyl sites for hydroxylation is 2. The standard InChI is InChI=1S/C16H18ClNS/c1-18-16(12-7-3-4-8-13(12)17)15-10-11-6-2-5-9-14(11)19-15/h3-4,7-8,10,16,18H,2,5-6,9H2,1H3. The summed E-state index contributed by atoms with van der Waals surface area (Å²) >= 11 is 8.29. The van der Waals surface area contributed by atoms with E-state index >= 15 is 0 Å². The number of hydrogen-bond acceptors (Lipinski definition) is 2. The van der Waals surface area contributed by atoms with Gasteiger partial charge in [-0.2, -0.15) is 0 Å². The van der Waals surface area contributed by atoms with E-state index < -0.39 is 0 Å². The van der Waals surface area contributed by atoms with E-state index in [0.717, 1.165) is 5.02 Å². The van der Waals surface area contributed by atoms with Crippen molar-refractivity contribution in [2.24, 2.45) is 0 Å². The zero-order valence-corrected chi connectivity index (χ0v) is 12.7. The molecule has 0 saturated heterocycles. The Morgan fingerprint density at radius 2 is 2.00 bits per heavy atom. The van der Waals surface area contributed by atoms with E-state index in [1.807, 2.05) is 30.5 Å². The third-order valence-corrected chi connectivity index (χ3v) is 5.45. The number of hydrogen-bond donors (Lipinski definition) is 1. The fraction of sp³-hybridized carbons (Fsp3) is 0.375. The lowest BCUT2D eigenvalue weighted by atomic mass is 9.98. The van der Waals surface area contributed by atoms with Crippen LogP contribution in [0, 0.1) is 0 Å². The number of thiophene rings is 1. The summed E-state index contributed by atoms with van der Waals surface area (Å²) < 4.78 is 0. The van der Waals surface area contributed by atoms with Crippen LogP contribution in [0.25, 0.3) is 0 Å². The molecule has 0 bridgehead atoms. The Morgan fingerprint density at radius 1 is 1.21 bits per heavy atom. The Kier molecular flexibility index (Phi) is 3.92. The molecule has 1 nitrogen and oxygen atoms in total. The molecule has 0 saturated carbocycles. The van der Waals surface area contributed by atoms with Gasteiger partial charge in [-0.25, -0.2) is 0 Å². The van der Waals surface area contributed by atoms with Crippen LogP contribution in [-0.2, 0) is 12.8 Å². The monoisotopic (exact) mass is 291 g/mol. The quantitative estimate of drug-likeness (QED) is 0.872. The Morgan fingerprint density at radius 3 is 2.74 bits per heavy atom. The van der Waals surface area contributed by atoms with Gasteiger partial charge in [0.1, 0.15) is 0 Å². The highest BCUT2D eigenvalue weighted by Gasteiger charge is 2.20. The Bertz CT molecular complexity index is 552. The van der Waals surface area contributed by atoms with Crippen molar-refractivity contribution in [2.45, 2.75) is 31.7 Å². The van der Waals surface area contributed by atoms with E-state index in [2.05, 4.69) is 23.5 Å². The van der Waals surface area contributed by atoms with Gasteiger partial charge in [0.25, 0.3) is 0 Å². The molecule has 19 heavy (non-hydrogen) atoms. The van der Waals surface area contributed by atoms with E-state index in [9.17, 15) is 0 Å². The molecule has 0 aliphatic heterocycles. The highest BCUT2D eigenvalue weighted by molar-refractivity contribution is 7.12. The summed E-state index contributed by atoms with van der Waals surface area (Å²) in [5.74, 6) is 0. The smallest absolute Gasteiger partial charge is 0.0683 e. The maximum atomic E-state index is 6.34. The van der Waals surface area contributed by atoms with Gasteiger partial charge in [-0.15, -0.1) is 11.3 Å². The van der Waals surface area contributed by atoms with Crippen molar-refractivity contribution < 1.29 is 0 Å². The summed E-state index contributed by atoms with van der Waals surface area (Å²) in [4.78, 5) is 2.97. The van der Waals surface area contributed by atoms with Gasteiger partial charge < -0.3 is 5.32 Å². The van der Waals surface area contributed by atoms with Crippen LogP contribution in [-0.4, -0.2) is 7.05 Å². The first-order valence-corrected chi connectivity index (χ1v) is 8.02. The number of fused-ring (bicyclic) bond motifs is 1. The lowest BCUT2D eigenvalue weighted by Crippen LogP contribution is -2.16. The van der Waals surface area contributed by atoms with Crippen LogP contribution in [0.4, 0.5) is 0 Å². The van der Waals surface area contributed by atoms with Crippen LogP contribution in [0.3, 0.4) is 0 Å². The summed E-state index contributed by atoms with van der Waals surface area (Å²) in [6.45, 7) is 0. The molecule has 1 heterocycles. The first-order valence-electron chi connectivity index (χ1n) is 6.83. The van der Waals surface area contributed by atoms with Crippen molar-refractivity contribution in [2.75, 3.05) is 7.05 Å². The summed E-state index contributed by atoms with van der Waals surface area (Å²) in [7, 11) is 2.01. The van der Waals surface area contributed by atoms with Crippen LogP contribution in [0.5, 0.6) is 0 Å². The van der Waals surface area contributed by atoms with Crippen molar-refractivity contribution in [3.8, 4) is 0 Å². The van der Waals surface area contributed by atoms with Gasteiger partial charge in [0.2, 0.25) is 0 Å². The molecule has 100 valence electrons. The van der Waals surface area contributed by atoms with Crippen molar-refractivity contribution in [1.29, 1.82) is 0 Å². The Balaban J connectivity index is 1.98.